The number of hydrogen-bond donors (Lipinski definition) is 1. The van der Waals surface area contributed by atoms with Crippen LogP contribution in [0.25, 0.3) is 0 Å². The van der Waals surface area contributed by atoms with E-state index in [2.05, 4.69) is 22.2 Å². The molecule has 2 aliphatic heterocycles. The fourth-order valence-electron chi connectivity index (χ4n) is 1.90. The third kappa shape index (κ3) is 0.944. The highest BCUT2D eigenvalue weighted by molar-refractivity contribution is 4.80. The molecule has 0 aromatic heterocycles. The second kappa shape index (κ2) is 2.49. The first kappa shape index (κ1) is 6.58. The van der Waals surface area contributed by atoms with Crippen LogP contribution < -0.4 is 5.32 Å². The van der Waals surface area contributed by atoms with Gasteiger partial charge in [-0.2, -0.15) is 0 Å². The minimum atomic E-state index is 0.550. The van der Waals surface area contributed by atoms with E-state index in [0.29, 0.717) is 6.29 Å². The van der Waals surface area contributed by atoms with Crippen molar-refractivity contribution >= 4 is 0 Å². The van der Waals surface area contributed by atoms with Crippen molar-refractivity contribution in [1.29, 1.82) is 0 Å². The molecule has 3 heteroatoms. The summed E-state index contributed by atoms with van der Waals surface area (Å²) in [6, 6.07) is 0. The first-order valence-electron chi connectivity index (χ1n) is 4.05. The van der Waals surface area contributed by atoms with Crippen LogP contribution in [0.5, 0.6) is 0 Å². The SMILES string of the molecule is CN1CCCN2CCNC12. The van der Waals surface area contributed by atoms with Gasteiger partial charge in [0, 0.05) is 26.2 Å². The fourth-order valence-corrected chi connectivity index (χ4v) is 1.90. The van der Waals surface area contributed by atoms with Crippen molar-refractivity contribution in [2.24, 2.45) is 0 Å². The molecule has 2 rings (SSSR count). The molecule has 0 spiro atoms. The highest BCUT2D eigenvalue weighted by Crippen LogP contribution is 2.12. The van der Waals surface area contributed by atoms with E-state index in [1.165, 1.54) is 26.1 Å². The Morgan fingerprint density at radius 2 is 2.20 bits per heavy atom. The number of rotatable bonds is 0. The predicted molar refractivity (Wildman–Crippen MR) is 40.6 cm³/mol. The normalized spacial score (nSPS) is 36.3. The van der Waals surface area contributed by atoms with Crippen molar-refractivity contribution in [3.63, 3.8) is 0 Å². The number of hydrogen-bond acceptors (Lipinski definition) is 3. The van der Waals surface area contributed by atoms with Crippen LogP contribution >= 0.6 is 0 Å². The lowest BCUT2D eigenvalue weighted by Crippen LogP contribution is -2.53. The van der Waals surface area contributed by atoms with Gasteiger partial charge >= 0.3 is 0 Å². The fraction of sp³-hybridized carbons (Fsp3) is 1.00. The summed E-state index contributed by atoms with van der Waals surface area (Å²) in [7, 11) is 2.19. The van der Waals surface area contributed by atoms with Gasteiger partial charge < -0.3 is 0 Å². The quantitative estimate of drug-likeness (QED) is 0.491. The van der Waals surface area contributed by atoms with Gasteiger partial charge in [-0.25, -0.2) is 0 Å². The molecule has 0 radical (unpaired) electrons. The van der Waals surface area contributed by atoms with Gasteiger partial charge in [-0.1, -0.05) is 0 Å². The summed E-state index contributed by atoms with van der Waals surface area (Å²) >= 11 is 0. The van der Waals surface area contributed by atoms with Gasteiger partial charge in [0.1, 0.15) is 6.29 Å². The molecule has 2 aliphatic rings. The molecule has 0 aromatic carbocycles. The Hall–Kier alpha value is -0.120. The summed E-state index contributed by atoms with van der Waals surface area (Å²) in [5.41, 5.74) is 0. The lowest BCUT2D eigenvalue weighted by molar-refractivity contribution is 0.0430. The summed E-state index contributed by atoms with van der Waals surface area (Å²) in [5.74, 6) is 0. The lowest BCUT2D eigenvalue weighted by Gasteiger charge is -2.36. The van der Waals surface area contributed by atoms with Crippen LogP contribution in [0.15, 0.2) is 0 Å². The largest absolute Gasteiger partial charge is 0.288 e. The Kier molecular flexibility index (Phi) is 1.64. The standard InChI is InChI=1S/C7H15N3/c1-9-4-2-5-10-6-3-8-7(9)10/h7-8H,2-6H2,1H3. The number of nitrogens with zero attached hydrogens (tertiary/aromatic N) is 2. The highest BCUT2D eigenvalue weighted by atomic mass is 15.5. The van der Waals surface area contributed by atoms with Crippen LogP contribution in [0.3, 0.4) is 0 Å². The summed E-state index contributed by atoms with van der Waals surface area (Å²) < 4.78 is 0. The maximum Gasteiger partial charge on any atom is 0.116 e. The molecule has 0 aromatic rings. The first-order valence-corrected chi connectivity index (χ1v) is 4.05. The van der Waals surface area contributed by atoms with Crippen molar-refractivity contribution < 1.29 is 0 Å². The second-order valence-electron chi connectivity index (χ2n) is 3.20. The van der Waals surface area contributed by atoms with Crippen LogP contribution in [0.1, 0.15) is 6.42 Å². The van der Waals surface area contributed by atoms with Gasteiger partial charge in [-0.05, 0) is 13.5 Å². The molecule has 0 aliphatic carbocycles. The summed E-state index contributed by atoms with van der Waals surface area (Å²) in [4.78, 5) is 4.89. The number of nitrogens with one attached hydrogen (secondary N) is 1. The van der Waals surface area contributed by atoms with Crippen molar-refractivity contribution in [3.8, 4) is 0 Å². The molecule has 2 fully saturated rings. The Balaban J connectivity index is 2.03. The summed E-state index contributed by atoms with van der Waals surface area (Å²) in [5, 5.41) is 3.46. The van der Waals surface area contributed by atoms with Crippen molar-refractivity contribution in [3.05, 3.63) is 0 Å². The molecule has 3 nitrogen and oxygen atoms in total. The molecule has 2 saturated heterocycles. The van der Waals surface area contributed by atoms with Gasteiger partial charge in [-0.15, -0.1) is 0 Å². The molecule has 0 bridgehead atoms. The maximum atomic E-state index is 3.46. The van der Waals surface area contributed by atoms with Crippen molar-refractivity contribution in [2.45, 2.75) is 12.7 Å². The predicted octanol–water partition coefficient (Wildman–Crippen LogP) is -0.489. The van der Waals surface area contributed by atoms with Gasteiger partial charge in [0.2, 0.25) is 0 Å². The first-order chi connectivity index (χ1) is 4.88. The van der Waals surface area contributed by atoms with Crippen LogP contribution in [0, 0.1) is 0 Å². The minimum absolute atomic E-state index is 0.550. The third-order valence-electron chi connectivity index (χ3n) is 2.45. The molecule has 1 unspecified atom stereocenters. The van der Waals surface area contributed by atoms with Crippen molar-refractivity contribution in [1.82, 2.24) is 15.1 Å². The molecule has 0 saturated carbocycles. The van der Waals surface area contributed by atoms with Crippen LogP contribution in [0.2, 0.25) is 0 Å². The van der Waals surface area contributed by atoms with E-state index in [4.69, 9.17) is 0 Å². The van der Waals surface area contributed by atoms with Gasteiger partial charge in [0.05, 0.1) is 0 Å². The smallest absolute Gasteiger partial charge is 0.116 e. The Bertz CT molecular complexity index is 126. The van der Waals surface area contributed by atoms with Crippen LogP contribution in [-0.4, -0.2) is 49.3 Å². The van der Waals surface area contributed by atoms with Crippen molar-refractivity contribution in [2.75, 3.05) is 33.2 Å². The topological polar surface area (TPSA) is 18.5 Å². The highest BCUT2D eigenvalue weighted by Gasteiger charge is 2.29. The molecule has 10 heavy (non-hydrogen) atoms. The van der Waals surface area contributed by atoms with E-state index in [0.717, 1.165) is 6.54 Å². The molecule has 0 amide bonds. The van der Waals surface area contributed by atoms with Gasteiger partial charge in [-0.3, -0.25) is 15.1 Å². The minimum Gasteiger partial charge on any atom is -0.288 e. The number of fused-ring (bicyclic) bond motifs is 1. The lowest BCUT2D eigenvalue weighted by atomic mass is 10.3. The zero-order valence-electron chi connectivity index (χ0n) is 6.51. The molecule has 58 valence electrons. The van der Waals surface area contributed by atoms with E-state index in [-0.39, 0.29) is 0 Å². The van der Waals surface area contributed by atoms with E-state index >= 15 is 0 Å². The van der Waals surface area contributed by atoms with Gasteiger partial charge in [0.15, 0.2) is 0 Å². The zero-order chi connectivity index (χ0) is 6.97. The Morgan fingerprint density at radius 3 is 3.00 bits per heavy atom. The van der Waals surface area contributed by atoms with E-state index < -0.39 is 0 Å². The average Bonchev–Trinajstić information content (AvgIpc) is 2.36. The molecule has 1 atom stereocenters. The average molecular weight is 141 g/mol. The molecular formula is C7H15N3. The Labute approximate surface area is 62.0 Å². The molecule has 1 N–H and O–H groups in total. The second-order valence-corrected chi connectivity index (χ2v) is 3.20. The Morgan fingerprint density at radius 1 is 1.30 bits per heavy atom. The molecule has 2 heterocycles. The third-order valence-corrected chi connectivity index (χ3v) is 2.45. The van der Waals surface area contributed by atoms with Crippen LogP contribution in [-0.2, 0) is 0 Å². The van der Waals surface area contributed by atoms with E-state index in [1.54, 1.807) is 0 Å². The van der Waals surface area contributed by atoms with E-state index in [1.807, 2.05) is 0 Å². The maximum absolute atomic E-state index is 3.46. The van der Waals surface area contributed by atoms with Gasteiger partial charge in [0.25, 0.3) is 0 Å². The van der Waals surface area contributed by atoms with E-state index in [9.17, 15) is 0 Å². The summed E-state index contributed by atoms with van der Waals surface area (Å²) in [6.45, 7) is 4.92. The monoisotopic (exact) mass is 141 g/mol. The zero-order valence-corrected chi connectivity index (χ0v) is 6.51. The van der Waals surface area contributed by atoms with Crippen LogP contribution in [0.4, 0.5) is 0 Å². The molecular weight excluding hydrogens is 126 g/mol. The summed E-state index contributed by atoms with van der Waals surface area (Å²) in [6.07, 6.45) is 1.88.